The topological polar surface area (TPSA) is 160 Å². The van der Waals surface area contributed by atoms with E-state index in [1.165, 1.54) is 13.8 Å². The van der Waals surface area contributed by atoms with Crippen molar-refractivity contribution < 1.29 is 42.9 Å². The fourth-order valence-corrected chi connectivity index (χ4v) is 1.12. The largest absolute Gasteiger partial charge is 0.519 e. The summed E-state index contributed by atoms with van der Waals surface area (Å²) < 4.78 is 18.7. The molecule has 0 spiro atoms. The smallest absolute Gasteiger partial charge is 0.444 e. The first-order chi connectivity index (χ1) is 14.1. The zero-order valence-electron chi connectivity index (χ0n) is 21.2. The first-order valence-corrected chi connectivity index (χ1v) is 9.87. The molecule has 0 aliphatic rings. The molecule has 1 amide bonds. The molecule has 11 nitrogen and oxygen atoms in total. The fourth-order valence-electron chi connectivity index (χ4n) is 1.12. The number of amides is 1. The Morgan fingerprint density at radius 1 is 0.656 bits per heavy atom. The van der Waals surface area contributed by atoms with Crippen molar-refractivity contribution in [2.24, 2.45) is 5.73 Å². The van der Waals surface area contributed by atoms with Crippen LogP contribution < -0.4 is 11.1 Å². The van der Waals surface area contributed by atoms with Gasteiger partial charge in [0.1, 0.15) is 28.4 Å². The highest BCUT2D eigenvalue weighted by Crippen LogP contribution is 2.11. The molecule has 0 fully saturated rings. The summed E-state index contributed by atoms with van der Waals surface area (Å²) in [5.74, 6) is -0.0640. The Labute approximate surface area is 190 Å². The summed E-state index contributed by atoms with van der Waals surface area (Å²) in [7, 11) is 0. The highest BCUT2D eigenvalue weighted by molar-refractivity contribution is 5.81. The molecule has 32 heavy (non-hydrogen) atoms. The van der Waals surface area contributed by atoms with Crippen LogP contribution in [0.25, 0.3) is 0 Å². The van der Waals surface area contributed by atoms with E-state index in [2.05, 4.69) is 10.1 Å². The van der Waals surface area contributed by atoms with Gasteiger partial charge in [0.25, 0.3) is 0 Å². The van der Waals surface area contributed by atoms with Gasteiger partial charge < -0.3 is 30.0 Å². The van der Waals surface area contributed by atoms with Gasteiger partial charge in [0.05, 0.1) is 13.1 Å². The zero-order valence-corrected chi connectivity index (χ0v) is 21.2. The summed E-state index contributed by atoms with van der Waals surface area (Å²) in [6, 6.07) is 0. The number of Topliss-reactive ketones (excluding diaryl/α,β-unsaturated/α-hetero) is 2. The molecule has 0 rings (SSSR count). The van der Waals surface area contributed by atoms with Gasteiger partial charge in [-0.3, -0.25) is 9.59 Å². The maximum atomic E-state index is 11.0. The molecule has 0 heterocycles. The third-order valence-electron chi connectivity index (χ3n) is 2.11. The SMILES string of the molecule is CC(=O)CN.CC(=O)CNC(=O)OC(C)(C)C.CC(C)(C)OC(=O)OC(=O)OC(C)(C)C. The van der Waals surface area contributed by atoms with Crippen molar-refractivity contribution >= 4 is 30.0 Å². The van der Waals surface area contributed by atoms with Crippen LogP contribution in [-0.4, -0.2) is 59.9 Å². The molecule has 0 aliphatic heterocycles. The Morgan fingerprint density at radius 2 is 0.969 bits per heavy atom. The van der Waals surface area contributed by atoms with Crippen LogP contribution in [0.4, 0.5) is 14.4 Å². The molecule has 188 valence electrons. The van der Waals surface area contributed by atoms with Gasteiger partial charge in [-0.15, -0.1) is 0 Å². The summed E-state index contributed by atoms with van der Waals surface area (Å²) in [6.07, 6.45) is -2.67. The zero-order chi connectivity index (χ0) is 26.3. The van der Waals surface area contributed by atoms with E-state index in [1.807, 2.05) is 0 Å². The Kier molecular flexibility index (Phi) is 16.1. The molecular formula is C21H40N2O9. The van der Waals surface area contributed by atoms with Crippen molar-refractivity contribution in [3.05, 3.63) is 0 Å². The van der Waals surface area contributed by atoms with Gasteiger partial charge in [-0.05, 0) is 76.2 Å². The maximum Gasteiger partial charge on any atom is 0.519 e. The van der Waals surface area contributed by atoms with Gasteiger partial charge in [-0.25, -0.2) is 14.4 Å². The first-order valence-electron chi connectivity index (χ1n) is 9.87. The van der Waals surface area contributed by atoms with Gasteiger partial charge in [-0.1, -0.05) is 0 Å². The molecule has 0 atom stereocenters. The minimum Gasteiger partial charge on any atom is -0.444 e. The second kappa shape index (κ2) is 15.2. The Balaban J connectivity index is -0.000000441. The Hall–Kier alpha value is -2.69. The molecule has 0 radical (unpaired) electrons. The number of alkyl carbamates (subject to hydrolysis) is 1. The molecular weight excluding hydrogens is 424 g/mol. The molecule has 3 N–H and O–H groups in total. The number of ketones is 2. The molecule has 11 heteroatoms. The first kappa shape index (κ1) is 33.9. The van der Waals surface area contributed by atoms with E-state index < -0.39 is 35.2 Å². The van der Waals surface area contributed by atoms with Gasteiger partial charge in [0.2, 0.25) is 0 Å². The Morgan fingerprint density at radius 3 is 1.19 bits per heavy atom. The lowest BCUT2D eigenvalue weighted by Gasteiger charge is -2.20. The molecule has 0 aromatic rings. The number of ether oxygens (including phenoxy) is 4. The number of nitrogens with one attached hydrogen (secondary N) is 1. The number of nitrogens with two attached hydrogens (primary N) is 1. The minimum absolute atomic E-state index is 0.0227. The summed E-state index contributed by atoms with van der Waals surface area (Å²) in [4.78, 5) is 53.0. The van der Waals surface area contributed by atoms with Crippen LogP contribution in [0.1, 0.15) is 76.2 Å². The summed E-state index contributed by atoms with van der Waals surface area (Å²) in [5.41, 5.74) is 2.92. The number of hydrogen-bond acceptors (Lipinski definition) is 10. The molecule has 0 aromatic carbocycles. The second-order valence-corrected chi connectivity index (χ2v) is 9.49. The molecule has 0 saturated heterocycles. The van der Waals surface area contributed by atoms with E-state index in [1.54, 1.807) is 62.3 Å². The lowest BCUT2D eigenvalue weighted by Crippen LogP contribution is -2.34. The lowest BCUT2D eigenvalue weighted by atomic mass is 10.2. The third kappa shape index (κ3) is 34.8. The summed E-state index contributed by atoms with van der Waals surface area (Å²) >= 11 is 0. The van der Waals surface area contributed by atoms with Crippen LogP contribution >= 0.6 is 0 Å². The lowest BCUT2D eigenvalue weighted by molar-refractivity contribution is -0.116. The maximum absolute atomic E-state index is 11.0. The third-order valence-corrected chi connectivity index (χ3v) is 2.11. The van der Waals surface area contributed by atoms with E-state index in [0.717, 1.165) is 0 Å². The monoisotopic (exact) mass is 464 g/mol. The molecule has 0 bridgehead atoms. The van der Waals surface area contributed by atoms with Crippen LogP contribution in [-0.2, 0) is 28.5 Å². The number of carbonyl (C=O) groups is 5. The van der Waals surface area contributed by atoms with Crippen LogP contribution in [0.2, 0.25) is 0 Å². The normalized spacial score (nSPS) is 10.8. The molecule has 0 saturated carbocycles. The fraction of sp³-hybridized carbons (Fsp3) is 0.762. The summed E-state index contributed by atoms with van der Waals surface area (Å²) in [5, 5.41) is 2.33. The van der Waals surface area contributed by atoms with Crippen LogP contribution in [0.15, 0.2) is 0 Å². The highest BCUT2D eigenvalue weighted by atomic mass is 16.8. The van der Waals surface area contributed by atoms with Crippen molar-refractivity contribution in [2.75, 3.05) is 13.1 Å². The molecule has 0 unspecified atom stereocenters. The Bertz CT molecular complexity index is 599. The van der Waals surface area contributed by atoms with Crippen molar-refractivity contribution in [3.63, 3.8) is 0 Å². The quantitative estimate of drug-likeness (QED) is 0.359. The minimum atomic E-state index is -1.06. The second-order valence-electron chi connectivity index (χ2n) is 9.49. The number of carbonyl (C=O) groups excluding carboxylic acids is 5. The van der Waals surface area contributed by atoms with Crippen molar-refractivity contribution in [3.8, 4) is 0 Å². The van der Waals surface area contributed by atoms with E-state index in [-0.39, 0.29) is 24.7 Å². The van der Waals surface area contributed by atoms with Gasteiger partial charge in [0, 0.05) is 0 Å². The predicted octanol–water partition coefficient (Wildman–Crippen LogP) is 3.51. The van der Waals surface area contributed by atoms with Crippen LogP contribution in [0.3, 0.4) is 0 Å². The standard InChI is InChI=1S/C10H18O5.C8H15NO3.C3H7NO/c1-9(2,3)14-7(11)13-8(12)15-10(4,5)6;1-6(10)5-9-7(11)12-8(2,3)4;1-3(5)2-4/h1-6H3;5H2,1-4H3,(H,9,11);2,4H2,1H3. The number of rotatable bonds is 3. The average molecular weight is 465 g/mol. The highest BCUT2D eigenvalue weighted by Gasteiger charge is 2.24. The van der Waals surface area contributed by atoms with Crippen molar-refractivity contribution in [1.29, 1.82) is 0 Å². The van der Waals surface area contributed by atoms with Crippen LogP contribution in [0, 0.1) is 0 Å². The van der Waals surface area contributed by atoms with Crippen molar-refractivity contribution in [1.82, 2.24) is 5.32 Å². The molecule has 0 aliphatic carbocycles. The van der Waals surface area contributed by atoms with E-state index in [9.17, 15) is 24.0 Å². The van der Waals surface area contributed by atoms with Gasteiger partial charge in [-0.2, -0.15) is 0 Å². The van der Waals surface area contributed by atoms with E-state index in [4.69, 9.17) is 19.9 Å². The number of hydrogen-bond donors (Lipinski definition) is 2. The summed E-state index contributed by atoms with van der Waals surface area (Å²) in [6.45, 7) is 18.4. The predicted molar refractivity (Wildman–Crippen MR) is 118 cm³/mol. The van der Waals surface area contributed by atoms with E-state index in [0.29, 0.717) is 0 Å². The molecule has 0 aromatic heterocycles. The van der Waals surface area contributed by atoms with Gasteiger partial charge >= 0.3 is 18.4 Å². The van der Waals surface area contributed by atoms with Crippen LogP contribution in [0.5, 0.6) is 0 Å². The van der Waals surface area contributed by atoms with Gasteiger partial charge in [0.15, 0.2) is 0 Å². The van der Waals surface area contributed by atoms with E-state index >= 15 is 0 Å². The average Bonchev–Trinajstić information content (AvgIpc) is 2.48. The van der Waals surface area contributed by atoms with Crippen molar-refractivity contribution in [2.45, 2.75) is 93.0 Å².